The minimum absolute atomic E-state index is 0.189. The van der Waals surface area contributed by atoms with Crippen LogP contribution >= 0.6 is 0 Å². The molecule has 8 nitrogen and oxygen atoms in total. The molecule has 1 aliphatic rings. The van der Waals surface area contributed by atoms with Crippen LogP contribution < -0.4 is 15.0 Å². The zero-order valence-corrected chi connectivity index (χ0v) is 14.6. The molecule has 136 valence electrons. The highest BCUT2D eigenvalue weighted by atomic mass is 16.5. The summed E-state index contributed by atoms with van der Waals surface area (Å²) < 4.78 is 10.5. The largest absolute Gasteiger partial charge is 0.467 e. The lowest BCUT2D eigenvalue weighted by molar-refractivity contribution is -0.116. The first-order valence-electron chi connectivity index (χ1n) is 8.37. The average Bonchev–Trinajstić information content (AvgIpc) is 2.72. The number of morpholine rings is 1. The van der Waals surface area contributed by atoms with Crippen molar-refractivity contribution in [1.29, 1.82) is 0 Å². The Kier molecular flexibility index (Phi) is 6.10. The number of nitrogens with zero attached hydrogens (tertiary/aromatic N) is 4. The normalized spacial score (nSPS) is 14.4. The first-order chi connectivity index (χ1) is 12.7. The van der Waals surface area contributed by atoms with Crippen LogP contribution in [-0.4, -0.2) is 54.3 Å². The Labute approximate surface area is 151 Å². The number of hydrogen-bond acceptors (Lipinski definition) is 7. The third-order valence-electron chi connectivity index (χ3n) is 3.77. The van der Waals surface area contributed by atoms with Gasteiger partial charge in [-0.05, 0) is 11.6 Å². The van der Waals surface area contributed by atoms with Crippen LogP contribution in [0.5, 0.6) is 6.01 Å². The molecule has 0 saturated carbocycles. The molecule has 0 radical (unpaired) electrons. The van der Waals surface area contributed by atoms with Crippen molar-refractivity contribution >= 4 is 17.9 Å². The predicted molar refractivity (Wildman–Crippen MR) is 96.7 cm³/mol. The molecule has 0 aliphatic carbocycles. The fraction of sp³-hybridized carbons (Fsp3) is 0.333. The summed E-state index contributed by atoms with van der Waals surface area (Å²) in [5.41, 5.74) is 0.957. The fourth-order valence-corrected chi connectivity index (χ4v) is 2.42. The van der Waals surface area contributed by atoms with Crippen LogP contribution in [0.2, 0.25) is 0 Å². The average molecular weight is 355 g/mol. The molecule has 1 aromatic heterocycles. The van der Waals surface area contributed by atoms with Gasteiger partial charge in [-0.15, -0.1) is 0 Å². The Morgan fingerprint density at radius 1 is 1.23 bits per heavy atom. The maximum Gasteiger partial charge on any atom is 0.321 e. The number of amides is 1. The van der Waals surface area contributed by atoms with E-state index >= 15 is 0 Å². The highest BCUT2D eigenvalue weighted by Crippen LogP contribution is 2.13. The Balaban J connectivity index is 1.63. The van der Waals surface area contributed by atoms with Gasteiger partial charge in [0.1, 0.15) is 0 Å². The molecule has 1 N–H and O–H groups in total. The highest BCUT2D eigenvalue weighted by Gasteiger charge is 2.16. The first-order valence-corrected chi connectivity index (χ1v) is 8.37. The summed E-state index contributed by atoms with van der Waals surface area (Å²) in [7, 11) is 1.50. The van der Waals surface area contributed by atoms with Gasteiger partial charge in [-0.2, -0.15) is 15.0 Å². The summed E-state index contributed by atoms with van der Waals surface area (Å²) >= 11 is 0. The van der Waals surface area contributed by atoms with Crippen molar-refractivity contribution in [3.05, 3.63) is 47.8 Å². The molecule has 1 aliphatic heterocycles. The standard InChI is InChI=1S/C18H21N5O3/c1-25-18-21-15(20-17(22-18)23-9-11-26-12-10-23)13-19-16(24)8-7-14-5-3-2-4-6-14/h2-8H,9-13H2,1H3,(H,19,24). The van der Waals surface area contributed by atoms with Crippen molar-refractivity contribution in [3.8, 4) is 6.01 Å². The van der Waals surface area contributed by atoms with E-state index in [0.717, 1.165) is 5.56 Å². The molecule has 1 amide bonds. The zero-order chi connectivity index (χ0) is 18.2. The fourth-order valence-electron chi connectivity index (χ4n) is 2.42. The van der Waals surface area contributed by atoms with Crippen molar-refractivity contribution in [1.82, 2.24) is 20.3 Å². The second-order valence-corrected chi connectivity index (χ2v) is 5.60. The number of anilines is 1. The Hall–Kier alpha value is -3.00. The molecule has 0 bridgehead atoms. The van der Waals surface area contributed by atoms with Crippen LogP contribution in [0.25, 0.3) is 6.08 Å². The molecular formula is C18H21N5O3. The van der Waals surface area contributed by atoms with E-state index in [-0.39, 0.29) is 18.5 Å². The van der Waals surface area contributed by atoms with Gasteiger partial charge in [0, 0.05) is 19.2 Å². The van der Waals surface area contributed by atoms with Gasteiger partial charge in [-0.3, -0.25) is 4.79 Å². The van der Waals surface area contributed by atoms with Gasteiger partial charge >= 0.3 is 6.01 Å². The number of ether oxygens (including phenoxy) is 2. The van der Waals surface area contributed by atoms with E-state index in [4.69, 9.17) is 9.47 Å². The van der Waals surface area contributed by atoms with E-state index in [1.165, 1.54) is 13.2 Å². The lowest BCUT2D eigenvalue weighted by Gasteiger charge is -2.26. The van der Waals surface area contributed by atoms with Gasteiger partial charge in [0.15, 0.2) is 5.82 Å². The molecule has 3 rings (SSSR count). The van der Waals surface area contributed by atoms with E-state index in [2.05, 4.69) is 20.3 Å². The molecule has 1 saturated heterocycles. The minimum Gasteiger partial charge on any atom is -0.467 e. The van der Waals surface area contributed by atoms with Crippen molar-refractivity contribution < 1.29 is 14.3 Å². The number of carbonyl (C=O) groups excluding carboxylic acids is 1. The molecule has 2 aromatic rings. The van der Waals surface area contributed by atoms with E-state index in [0.29, 0.717) is 38.1 Å². The van der Waals surface area contributed by atoms with Gasteiger partial charge in [-0.1, -0.05) is 30.3 Å². The Morgan fingerprint density at radius 2 is 2.00 bits per heavy atom. The number of rotatable bonds is 6. The number of nitrogens with one attached hydrogen (secondary N) is 1. The zero-order valence-electron chi connectivity index (χ0n) is 14.6. The number of benzene rings is 1. The molecule has 1 aromatic carbocycles. The second kappa shape index (κ2) is 8.91. The van der Waals surface area contributed by atoms with Crippen molar-refractivity contribution in [2.75, 3.05) is 38.3 Å². The van der Waals surface area contributed by atoms with Crippen LogP contribution in [0.3, 0.4) is 0 Å². The molecule has 26 heavy (non-hydrogen) atoms. The molecule has 2 heterocycles. The summed E-state index contributed by atoms with van der Waals surface area (Å²) in [6.45, 7) is 2.86. The molecule has 0 atom stereocenters. The SMILES string of the molecule is COc1nc(CNC(=O)C=Cc2ccccc2)nc(N2CCOCC2)n1. The molecular weight excluding hydrogens is 334 g/mol. The van der Waals surface area contributed by atoms with Crippen molar-refractivity contribution in [2.45, 2.75) is 6.54 Å². The predicted octanol–water partition coefficient (Wildman–Crippen LogP) is 1.05. The van der Waals surface area contributed by atoms with E-state index in [1.807, 2.05) is 35.2 Å². The lowest BCUT2D eigenvalue weighted by atomic mass is 10.2. The smallest absolute Gasteiger partial charge is 0.321 e. The van der Waals surface area contributed by atoms with Crippen molar-refractivity contribution in [3.63, 3.8) is 0 Å². The van der Waals surface area contributed by atoms with Crippen LogP contribution in [-0.2, 0) is 16.1 Å². The monoisotopic (exact) mass is 355 g/mol. The third kappa shape index (κ3) is 5.00. The maximum absolute atomic E-state index is 12.0. The van der Waals surface area contributed by atoms with Crippen LogP contribution in [0.15, 0.2) is 36.4 Å². The Bertz CT molecular complexity index is 761. The summed E-state index contributed by atoms with van der Waals surface area (Å²) in [6.07, 6.45) is 3.24. The number of hydrogen-bond donors (Lipinski definition) is 1. The summed E-state index contributed by atoms with van der Waals surface area (Å²) in [6, 6.07) is 9.84. The first kappa shape index (κ1) is 17.8. The lowest BCUT2D eigenvalue weighted by Crippen LogP contribution is -2.37. The van der Waals surface area contributed by atoms with Crippen molar-refractivity contribution in [2.24, 2.45) is 0 Å². The van der Waals surface area contributed by atoms with Crippen LogP contribution in [0.4, 0.5) is 5.95 Å². The van der Waals surface area contributed by atoms with Gasteiger partial charge in [0.05, 0.1) is 26.9 Å². The van der Waals surface area contributed by atoms with Gasteiger partial charge < -0.3 is 19.7 Å². The molecule has 0 spiro atoms. The summed E-state index contributed by atoms with van der Waals surface area (Å²) in [5, 5.41) is 2.77. The topological polar surface area (TPSA) is 89.5 Å². The minimum atomic E-state index is -0.221. The van der Waals surface area contributed by atoms with E-state index in [9.17, 15) is 4.79 Å². The summed E-state index contributed by atoms with van der Waals surface area (Å²) in [5.74, 6) is 0.755. The maximum atomic E-state index is 12.0. The number of carbonyl (C=O) groups is 1. The quantitative estimate of drug-likeness (QED) is 0.775. The third-order valence-corrected chi connectivity index (χ3v) is 3.77. The Morgan fingerprint density at radius 3 is 2.73 bits per heavy atom. The van der Waals surface area contributed by atoms with Crippen LogP contribution in [0, 0.1) is 0 Å². The molecule has 0 unspecified atom stereocenters. The van der Waals surface area contributed by atoms with Gasteiger partial charge in [-0.25, -0.2) is 0 Å². The van der Waals surface area contributed by atoms with Gasteiger partial charge in [0.25, 0.3) is 0 Å². The van der Waals surface area contributed by atoms with E-state index < -0.39 is 0 Å². The molecule has 8 heteroatoms. The second-order valence-electron chi connectivity index (χ2n) is 5.60. The molecule has 1 fully saturated rings. The highest BCUT2D eigenvalue weighted by molar-refractivity contribution is 5.91. The van der Waals surface area contributed by atoms with Crippen LogP contribution in [0.1, 0.15) is 11.4 Å². The number of aromatic nitrogens is 3. The summed E-state index contributed by atoms with van der Waals surface area (Å²) in [4.78, 5) is 26.9. The van der Waals surface area contributed by atoms with Gasteiger partial charge in [0.2, 0.25) is 11.9 Å². The number of methoxy groups -OCH3 is 1. The van der Waals surface area contributed by atoms with E-state index in [1.54, 1.807) is 6.08 Å².